The van der Waals surface area contributed by atoms with E-state index in [-0.39, 0.29) is 19.3 Å². The van der Waals surface area contributed by atoms with E-state index in [0.717, 1.165) is 11.3 Å². The molecule has 9 nitrogen and oxygen atoms in total. The fourth-order valence-corrected chi connectivity index (χ4v) is 3.69. The number of nitrogens with zero attached hydrogens (tertiary/aromatic N) is 2. The number of hydrogen-bond acceptors (Lipinski definition) is 8. The Morgan fingerprint density at radius 2 is 1.97 bits per heavy atom. The molecule has 4 heterocycles. The lowest BCUT2D eigenvalue weighted by molar-refractivity contribution is 0.0948. The molecule has 0 saturated carbocycles. The van der Waals surface area contributed by atoms with Crippen LogP contribution in [0.1, 0.15) is 27.6 Å². The zero-order valence-electron chi connectivity index (χ0n) is 17.9. The molecule has 0 radical (unpaired) electrons. The number of carbonyl (C=O) groups is 1. The number of rotatable bonds is 6. The van der Waals surface area contributed by atoms with E-state index in [9.17, 15) is 4.79 Å². The molecule has 5 rings (SSSR count). The summed E-state index contributed by atoms with van der Waals surface area (Å²) in [6.07, 6.45) is 0. The molecule has 1 aromatic carbocycles. The molecular weight excluding hydrogens is 414 g/mol. The smallest absolute Gasteiger partial charge is 0.259 e. The van der Waals surface area contributed by atoms with Crippen LogP contribution in [0.15, 0.2) is 39.3 Å². The van der Waals surface area contributed by atoms with E-state index in [1.54, 1.807) is 31.2 Å². The molecule has 1 N–H and O–H groups in total. The summed E-state index contributed by atoms with van der Waals surface area (Å²) < 4.78 is 27.3. The van der Waals surface area contributed by atoms with E-state index in [2.05, 4.69) is 15.5 Å². The van der Waals surface area contributed by atoms with Crippen molar-refractivity contribution in [3.05, 3.63) is 53.1 Å². The average Bonchev–Trinajstić information content (AvgIpc) is 3.48. The minimum absolute atomic E-state index is 0.206. The van der Waals surface area contributed by atoms with Crippen molar-refractivity contribution in [1.82, 2.24) is 15.5 Å². The second-order valence-corrected chi connectivity index (χ2v) is 7.45. The summed E-state index contributed by atoms with van der Waals surface area (Å²) in [7, 11) is 0. The van der Waals surface area contributed by atoms with Crippen molar-refractivity contribution in [2.75, 3.05) is 19.9 Å². The molecular formula is C23H21N3O6. The molecule has 164 valence electrons. The maximum Gasteiger partial charge on any atom is 0.259 e. The van der Waals surface area contributed by atoms with Gasteiger partial charge >= 0.3 is 0 Å². The van der Waals surface area contributed by atoms with Crippen LogP contribution >= 0.6 is 0 Å². The quantitative estimate of drug-likeness (QED) is 0.454. The monoisotopic (exact) mass is 435 g/mol. The van der Waals surface area contributed by atoms with Crippen LogP contribution in [0.25, 0.3) is 22.4 Å². The fraction of sp³-hybridized carbons (Fsp3) is 0.261. The lowest BCUT2D eigenvalue weighted by atomic mass is 10.1. The Labute approximate surface area is 183 Å². The number of pyridine rings is 1. The number of aromatic nitrogens is 2. The van der Waals surface area contributed by atoms with Crippen LogP contribution in [0.2, 0.25) is 0 Å². The third kappa shape index (κ3) is 3.62. The van der Waals surface area contributed by atoms with Gasteiger partial charge in [0.2, 0.25) is 6.79 Å². The van der Waals surface area contributed by atoms with Gasteiger partial charge in [-0.3, -0.25) is 4.79 Å². The molecule has 0 fully saturated rings. The maximum absolute atomic E-state index is 13.0. The SMILES string of the molecule is Cc1cc(-c2cc(C(=O)NCCOc3ccc4c(c3)OCO4)c3c(C)noc3n2)c(C)o1. The summed E-state index contributed by atoms with van der Waals surface area (Å²) in [4.78, 5) is 17.6. The summed E-state index contributed by atoms with van der Waals surface area (Å²) in [5.41, 5.74) is 2.73. The summed E-state index contributed by atoms with van der Waals surface area (Å²) in [5.74, 6) is 3.19. The van der Waals surface area contributed by atoms with Crippen molar-refractivity contribution in [3.63, 3.8) is 0 Å². The number of nitrogens with one attached hydrogen (secondary N) is 1. The van der Waals surface area contributed by atoms with Gasteiger partial charge in [0.15, 0.2) is 11.5 Å². The van der Waals surface area contributed by atoms with Gasteiger partial charge in [-0.25, -0.2) is 4.98 Å². The van der Waals surface area contributed by atoms with E-state index in [0.29, 0.717) is 57.6 Å². The molecule has 4 aromatic rings. The van der Waals surface area contributed by atoms with Crippen molar-refractivity contribution in [2.45, 2.75) is 20.8 Å². The highest BCUT2D eigenvalue weighted by Gasteiger charge is 2.21. The second-order valence-electron chi connectivity index (χ2n) is 7.45. The maximum atomic E-state index is 13.0. The van der Waals surface area contributed by atoms with Gasteiger partial charge in [-0.1, -0.05) is 5.16 Å². The molecule has 0 aliphatic carbocycles. The molecule has 1 aliphatic heterocycles. The molecule has 0 unspecified atom stereocenters. The normalized spacial score (nSPS) is 12.3. The van der Waals surface area contributed by atoms with E-state index in [1.807, 2.05) is 19.9 Å². The van der Waals surface area contributed by atoms with Crippen molar-refractivity contribution < 1.29 is 27.9 Å². The minimum atomic E-state index is -0.267. The summed E-state index contributed by atoms with van der Waals surface area (Å²) in [6, 6.07) is 8.97. The summed E-state index contributed by atoms with van der Waals surface area (Å²) >= 11 is 0. The summed E-state index contributed by atoms with van der Waals surface area (Å²) in [6.45, 7) is 6.29. The highest BCUT2D eigenvalue weighted by Crippen LogP contribution is 2.35. The average molecular weight is 435 g/mol. The third-order valence-corrected chi connectivity index (χ3v) is 5.18. The van der Waals surface area contributed by atoms with Crippen LogP contribution < -0.4 is 19.5 Å². The first-order valence-electron chi connectivity index (χ1n) is 10.1. The number of aryl methyl sites for hydroxylation is 3. The van der Waals surface area contributed by atoms with E-state index < -0.39 is 0 Å². The second kappa shape index (κ2) is 7.92. The third-order valence-electron chi connectivity index (χ3n) is 5.18. The lowest BCUT2D eigenvalue weighted by Gasteiger charge is -2.10. The van der Waals surface area contributed by atoms with Crippen LogP contribution in [0, 0.1) is 20.8 Å². The van der Waals surface area contributed by atoms with Crippen molar-refractivity contribution in [1.29, 1.82) is 0 Å². The standard InChI is InChI=1S/C23H21N3O6/c1-12-8-16(14(3)31-12)18-10-17(21-13(2)26-32-23(21)25-18)22(27)24-6-7-28-15-4-5-19-20(9-15)30-11-29-19/h4-5,8-10H,6-7,11H2,1-3H3,(H,24,27). The number of fused-ring (bicyclic) bond motifs is 2. The number of amides is 1. The van der Waals surface area contributed by atoms with Crippen LogP contribution in [0.5, 0.6) is 17.2 Å². The molecule has 1 aliphatic rings. The van der Waals surface area contributed by atoms with Gasteiger partial charge < -0.3 is 28.5 Å². The number of benzene rings is 1. The van der Waals surface area contributed by atoms with Crippen LogP contribution in [0.3, 0.4) is 0 Å². The van der Waals surface area contributed by atoms with E-state index in [4.69, 9.17) is 23.2 Å². The highest BCUT2D eigenvalue weighted by molar-refractivity contribution is 6.07. The molecule has 1 amide bonds. The van der Waals surface area contributed by atoms with Crippen LogP contribution in [-0.4, -0.2) is 36.0 Å². The summed E-state index contributed by atoms with van der Waals surface area (Å²) in [5, 5.41) is 7.45. The molecule has 0 spiro atoms. The Hall–Kier alpha value is -4.01. The van der Waals surface area contributed by atoms with Crippen LogP contribution in [0.4, 0.5) is 0 Å². The Bertz CT molecular complexity index is 1320. The number of carbonyl (C=O) groups excluding carboxylic acids is 1. The predicted molar refractivity (Wildman–Crippen MR) is 114 cm³/mol. The van der Waals surface area contributed by atoms with Gasteiger partial charge in [0.1, 0.15) is 23.9 Å². The fourth-order valence-electron chi connectivity index (χ4n) is 3.69. The first kappa shape index (κ1) is 19.9. The Morgan fingerprint density at radius 1 is 1.12 bits per heavy atom. The van der Waals surface area contributed by atoms with E-state index >= 15 is 0 Å². The first-order chi connectivity index (χ1) is 15.5. The number of hydrogen-bond donors (Lipinski definition) is 1. The van der Waals surface area contributed by atoms with E-state index in [1.165, 1.54) is 0 Å². The molecule has 9 heteroatoms. The van der Waals surface area contributed by atoms with Crippen molar-refractivity contribution in [2.24, 2.45) is 0 Å². The largest absolute Gasteiger partial charge is 0.492 e. The Kier molecular flexibility index (Phi) is 4.93. The molecule has 0 saturated heterocycles. The predicted octanol–water partition coefficient (Wildman–Crippen LogP) is 3.95. The molecule has 32 heavy (non-hydrogen) atoms. The Balaban J connectivity index is 1.32. The minimum Gasteiger partial charge on any atom is -0.492 e. The zero-order valence-corrected chi connectivity index (χ0v) is 17.9. The van der Waals surface area contributed by atoms with Gasteiger partial charge in [-0.05, 0) is 45.0 Å². The Morgan fingerprint density at radius 3 is 2.78 bits per heavy atom. The van der Waals surface area contributed by atoms with Gasteiger partial charge in [0.25, 0.3) is 11.6 Å². The van der Waals surface area contributed by atoms with Crippen molar-refractivity contribution >= 4 is 17.0 Å². The number of ether oxygens (including phenoxy) is 3. The highest BCUT2D eigenvalue weighted by atomic mass is 16.7. The van der Waals surface area contributed by atoms with Gasteiger partial charge in [-0.2, -0.15) is 0 Å². The van der Waals surface area contributed by atoms with Gasteiger partial charge in [-0.15, -0.1) is 0 Å². The van der Waals surface area contributed by atoms with Crippen LogP contribution in [-0.2, 0) is 0 Å². The number of furan rings is 1. The topological polar surface area (TPSA) is 109 Å². The molecule has 3 aromatic heterocycles. The first-order valence-corrected chi connectivity index (χ1v) is 10.1. The van der Waals surface area contributed by atoms with Gasteiger partial charge in [0, 0.05) is 11.6 Å². The molecule has 0 bridgehead atoms. The van der Waals surface area contributed by atoms with Crippen molar-refractivity contribution in [3.8, 4) is 28.5 Å². The lowest BCUT2D eigenvalue weighted by Crippen LogP contribution is -2.28. The van der Waals surface area contributed by atoms with Gasteiger partial charge in [0.05, 0.1) is 28.9 Å². The molecule has 0 atom stereocenters. The zero-order chi connectivity index (χ0) is 22.2.